The van der Waals surface area contributed by atoms with Crippen molar-refractivity contribution >= 4 is 43.7 Å². The van der Waals surface area contributed by atoms with Gasteiger partial charge in [0.2, 0.25) is 0 Å². The third kappa shape index (κ3) is 3.03. The fourth-order valence-corrected chi connectivity index (χ4v) is 5.45. The van der Waals surface area contributed by atoms with Crippen molar-refractivity contribution in [3.63, 3.8) is 0 Å². The van der Waals surface area contributed by atoms with Gasteiger partial charge < -0.3 is 9.90 Å². The summed E-state index contributed by atoms with van der Waals surface area (Å²) >= 11 is 2.90. The predicted molar refractivity (Wildman–Crippen MR) is 77.6 cm³/mol. The van der Waals surface area contributed by atoms with Gasteiger partial charge in [-0.25, -0.2) is 8.42 Å². The molecule has 1 aromatic heterocycles. The first-order valence-electron chi connectivity index (χ1n) is 6.10. The third-order valence-electron chi connectivity index (χ3n) is 3.32. The zero-order chi connectivity index (χ0) is 16.1. The molecule has 0 aromatic carbocycles. The monoisotopic (exact) mass is 406 g/mol. The Bertz CT molecular complexity index is 850. The van der Waals surface area contributed by atoms with Crippen LogP contribution in [0.2, 0.25) is 0 Å². The molecule has 0 saturated carbocycles. The van der Waals surface area contributed by atoms with E-state index in [0.717, 1.165) is 4.90 Å². The number of nitrogens with zero attached hydrogens (tertiary/aromatic N) is 2. The quantitative estimate of drug-likeness (QED) is 0.285. The van der Waals surface area contributed by atoms with E-state index < -0.39 is 38.5 Å². The number of pyridine rings is 1. The van der Waals surface area contributed by atoms with E-state index in [9.17, 15) is 23.1 Å². The molecule has 0 unspecified atom stereocenters. The van der Waals surface area contributed by atoms with Gasteiger partial charge >= 0.3 is 29.6 Å². The number of fused-ring (bicyclic) bond motifs is 1. The normalized spacial score (nSPS) is 23.9. The van der Waals surface area contributed by atoms with Crippen LogP contribution < -0.4 is 34.7 Å². The summed E-state index contributed by atoms with van der Waals surface area (Å²) in [7, 11) is -3.73. The van der Waals surface area contributed by atoms with Crippen molar-refractivity contribution in [2.45, 2.75) is 5.37 Å². The maximum atomic E-state index is 12.2. The number of aromatic nitrogens is 1. The van der Waals surface area contributed by atoms with Crippen LogP contribution in [0.1, 0.15) is 5.69 Å². The van der Waals surface area contributed by atoms with Crippen LogP contribution in [0.5, 0.6) is 0 Å². The Morgan fingerprint density at radius 1 is 1.43 bits per heavy atom. The molecule has 1 aromatic rings. The number of carbonyl (C=O) groups is 2. The van der Waals surface area contributed by atoms with Gasteiger partial charge in [-0.05, 0) is 18.2 Å². The number of amides is 1. The van der Waals surface area contributed by atoms with Crippen LogP contribution in [0.3, 0.4) is 0 Å². The van der Waals surface area contributed by atoms with Crippen LogP contribution in [0, 0.1) is 0 Å². The average molecular weight is 407 g/mol. The molecule has 7 nitrogen and oxygen atoms in total. The van der Waals surface area contributed by atoms with Crippen LogP contribution in [-0.4, -0.2) is 41.3 Å². The zero-order valence-corrected chi connectivity index (χ0v) is 16.3. The summed E-state index contributed by atoms with van der Waals surface area (Å²) in [5.41, 5.74) is -0.0234. The third-order valence-corrected chi connectivity index (χ3v) is 6.18. The van der Waals surface area contributed by atoms with Gasteiger partial charge in [0.05, 0.1) is 28.7 Å². The number of halogens is 1. The molecule has 0 aliphatic carbocycles. The van der Waals surface area contributed by atoms with Crippen molar-refractivity contribution in [1.82, 2.24) is 9.88 Å². The van der Waals surface area contributed by atoms with Crippen LogP contribution in [0.4, 0.5) is 0 Å². The molecule has 2 aliphatic heterocycles. The number of rotatable bonds is 2. The number of carboxylic acids is 1. The molecular formula is C13H8BrN2NaO5S. The smallest absolute Gasteiger partial charge is 0.543 e. The number of carboxylic acid groups (broad SMARTS) is 1. The topological polar surface area (TPSA) is 107 Å². The van der Waals surface area contributed by atoms with Crippen molar-refractivity contribution < 1.29 is 52.7 Å². The number of β-lactam (4-membered cyclic amide) rings is 1. The van der Waals surface area contributed by atoms with Crippen LogP contribution in [0.25, 0.3) is 6.08 Å². The van der Waals surface area contributed by atoms with Crippen molar-refractivity contribution in [3.05, 3.63) is 45.8 Å². The number of aliphatic carboxylic acids is 1. The van der Waals surface area contributed by atoms with Gasteiger partial charge in [0.25, 0.3) is 5.91 Å². The van der Waals surface area contributed by atoms with E-state index in [0.29, 0.717) is 5.69 Å². The van der Waals surface area contributed by atoms with Crippen molar-refractivity contribution in [2.24, 2.45) is 0 Å². The molecule has 114 valence electrons. The molecule has 0 N–H and O–H groups in total. The zero-order valence-electron chi connectivity index (χ0n) is 11.9. The first-order chi connectivity index (χ1) is 10.3. The van der Waals surface area contributed by atoms with E-state index in [-0.39, 0.29) is 39.6 Å². The Morgan fingerprint density at radius 3 is 2.70 bits per heavy atom. The fraction of sp³-hybridized carbons (Fsp3) is 0.154. The Kier molecular flexibility index (Phi) is 5.17. The van der Waals surface area contributed by atoms with E-state index in [4.69, 9.17) is 0 Å². The summed E-state index contributed by atoms with van der Waals surface area (Å²) in [6, 6.07) is 4.99. The summed E-state index contributed by atoms with van der Waals surface area (Å²) < 4.78 is 24.4. The number of hydrogen-bond donors (Lipinski definition) is 0. The summed E-state index contributed by atoms with van der Waals surface area (Å²) in [4.78, 5) is 28.1. The summed E-state index contributed by atoms with van der Waals surface area (Å²) in [5.74, 6) is -2.78. The Labute approximate surface area is 162 Å². The Balaban J connectivity index is 0.00000192. The van der Waals surface area contributed by atoms with Gasteiger partial charge in [-0.2, -0.15) is 0 Å². The molecule has 3 rings (SSSR count). The molecule has 3 heterocycles. The van der Waals surface area contributed by atoms with Crippen LogP contribution in [-0.2, 0) is 19.4 Å². The molecule has 23 heavy (non-hydrogen) atoms. The van der Waals surface area contributed by atoms with Gasteiger partial charge in [0.15, 0.2) is 15.2 Å². The molecule has 1 fully saturated rings. The average Bonchev–Trinajstić information content (AvgIpc) is 2.44. The van der Waals surface area contributed by atoms with Crippen molar-refractivity contribution in [3.8, 4) is 0 Å². The molecule has 1 amide bonds. The van der Waals surface area contributed by atoms with Gasteiger partial charge in [0, 0.05) is 10.7 Å². The maximum absolute atomic E-state index is 12.2. The second kappa shape index (κ2) is 6.48. The van der Waals surface area contributed by atoms with E-state index in [1.54, 1.807) is 18.2 Å². The number of hydrogen-bond acceptors (Lipinski definition) is 6. The Morgan fingerprint density at radius 2 is 2.13 bits per heavy atom. The predicted octanol–water partition coefficient (Wildman–Crippen LogP) is -3.58. The first kappa shape index (κ1) is 18.3. The van der Waals surface area contributed by atoms with Crippen molar-refractivity contribution in [2.75, 3.05) is 5.75 Å². The summed E-state index contributed by atoms with van der Waals surface area (Å²) in [5, 5.41) is 9.85. The molecule has 2 aliphatic rings. The van der Waals surface area contributed by atoms with Crippen LogP contribution >= 0.6 is 15.9 Å². The minimum absolute atomic E-state index is 0. The molecular weight excluding hydrogens is 399 g/mol. The minimum atomic E-state index is -3.73. The molecule has 1 saturated heterocycles. The van der Waals surface area contributed by atoms with E-state index in [1.807, 2.05) is 0 Å². The van der Waals surface area contributed by atoms with Gasteiger partial charge in [-0.1, -0.05) is 22.0 Å². The first-order valence-corrected chi connectivity index (χ1v) is 8.61. The van der Waals surface area contributed by atoms with E-state index >= 15 is 0 Å². The van der Waals surface area contributed by atoms with Crippen LogP contribution in [0.15, 0.2) is 40.1 Å². The maximum Gasteiger partial charge on any atom is 1.00 e. The number of carbonyl (C=O) groups excluding carboxylic acids is 2. The second-order valence-corrected chi connectivity index (χ2v) is 7.75. The Hall–Kier alpha value is -1.00. The summed E-state index contributed by atoms with van der Waals surface area (Å²) in [6.45, 7) is 0. The van der Waals surface area contributed by atoms with E-state index in [2.05, 4.69) is 20.9 Å². The van der Waals surface area contributed by atoms with Gasteiger partial charge in [-0.3, -0.25) is 14.7 Å². The standard InChI is InChI=1S/C13H9BrN2O5S.Na/c14-9-6-22(20,21)12-8(5-7-3-1-2-4-15-7)11(17)16(12)10(9)13(18)19;/h1-5,12H,6H2,(H,18,19);/q;+1/p-1/b8-5+;/t12-;/m1./s1. The molecule has 0 spiro atoms. The SMILES string of the molecule is O=C([O-])C1=C(Br)CS(=O)(=O)[C@@H]2/C(=C/c3ccccn3)C(=O)N12.[Na+]. The molecule has 0 radical (unpaired) electrons. The van der Waals surface area contributed by atoms with Crippen molar-refractivity contribution in [1.29, 1.82) is 0 Å². The fourth-order valence-electron chi connectivity index (χ4n) is 2.41. The molecule has 10 heteroatoms. The minimum Gasteiger partial charge on any atom is -0.543 e. The second-order valence-electron chi connectivity index (χ2n) is 4.73. The molecule has 0 bridgehead atoms. The van der Waals surface area contributed by atoms with Gasteiger partial charge in [0.1, 0.15) is 0 Å². The largest absolute Gasteiger partial charge is 1.00 e. The van der Waals surface area contributed by atoms with Gasteiger partial charge in [-0.15, -0.1) is 0 Å². The molecule has 1 atom stereocenters. The van der Waals surface area contributed by atoms with E-state index in [1.165, 1.54) is 12.3 Å². The summed E-state index contributed by atoms with van der Waals surface area (Å²) in [6.07, 6.45) is 2.86. The number of sulfone groups is 1.